The minimum atomic E-state index is -0.340. The van der Waals surface area contributed by atoms with Gasteiger partial charge in [-0.3, -0.25) is 4.79 Å². The van der Waals surface area contributed by atoms with Gasteiger partial charge in [0.2, 0.25) is 5.91 Å². The summed E-state index contributed by atoms with van der Waals surface area (Å²) in [6.07, 6.45) is 2.76. The van der Waals surface area contributed by atoms with Crippen molar-refractivity contribution in [1.82, 2.24) is 4.90 Å². The number of hydrogen-bond donors (Lipinski definition) is 1. The summed E-state index contributed by atoms with van der Waals surface area (Å²) in [5, 5.41) is 3.44. The van der Waals surface area contributed by atoms with Crippen molar-refractivity contribution in [1.29, 1.82) is 0 Å². The molecular weight excluding hydrogens is 524 g/mol. The molecule has 1 N–H and O–H groups in total. The number of amides is 2. The Morgan fingerprint density at radius 1 is 1.06 bits per heavy atom. The zero-order valence-corrected chi connectivity index (χ0v) is 24.2. The van der Waals surface area contributed by atoms with Gasteiger partial charge in [0.1, 0.15) is 0 Å². The molecule has 0 atom stereocenters. The van der Waals surface area contributed by atoms with Crippen LogP contribution in [0.25, 0.3) is 0 Å². The number of benzene rings is 2. The van der Waals surface area contributed by atoms with Gasteiger partial charge in [0.05, 0.1) is 6.61 Å². The molecule has 5 nitrogen and oxygen atoms in total. The van der Waals surface area contributed by atoms with Crippen molar-refractivity contribution in [2.75, 3.05) is 19.0 Å². The Labute approximate surface area is 223 Å². The number of hydrogen-bond acceptors (Lipinski definition) is 4. The van der Waals surface area contributed by atoms with Crippen LogP contribution in [0.3, 0.4) is 0 Å². The third-order valence-corrected chi connectivity index (χ3v) is 6.98. The minimum absolute atomic E-state index is 0.0000653. The van der Waals surface area contributed by atoms with Crippen LogP contribution < -0.4 is 5.32 Å². The zero-order chi connectivity index (χ0) is 26.0. The number of carbonyl (C=O) groups is 2. The summed E-state index contributed by atoms with van der Waals surface area (Å²) in [6, 6.07) is 12.3. The van der Waals surface area contributed by atoms with Gasteiger partial charge in [-0.15, -0.1) is 11.8 Å². The molecule has 0 saturated carbocycles. The predicted molar refractivity (Wildman–Crippen MR) is 150 cm³/mol. The van der Waals surface area contributed by atoms with Gasteiger partial charge < -0.3 is 15.0 Å². The van der Waals surface area contributed by atoms with Gasteiger partial charge in [0.15, 0.2) is 0 Å². The number of aryl methyl sites for hydroxylation is 2. The molecule has 0 aliphatic rings. The average Bonchev–Trinajstić information content (AvgIpc) is 2.79. The fourth-order valence-electron chi connectivity index (χ4n) is 3.65. The highest BCUT2D eigenvalue weighted by Crippen LogP contribution is 2.30. The molecule has 0 aliphatic heterocycles. The molecule has 0 spiro atoms. The molecule has 0 bridgehead atoms. The summed E-state index contributed by atoms with van der Waals surface area (Å²) in [4.78, 5) is 27.7. The summed E-state index contributed by atoms with van der Waals surface area (Å²) in [5.74, 6) is 0.287. The van der Waals surface area contributed by atoms with E-state index in [1.165, 1.54) is 11.1 Å². The summed E-state index contributed by atoms with van der Waals surface area (Å²) in [6.45, 7) is 11.3. The van der Waals surface area contributed by atoms with Crippen molar-refractivity contribution < 1.29 is 14.3 Å². The second-order valence-electron chi connectivity index (χ2n) is 9.48. The summed E-state index contributed by atoms with van der Waals surface area (Å²) >= 11 is 5.28. The molecule has 0 unspecified atom stereocenters. The highest BCUT2D eigenvalue weighted by atomic mass is 79.9. The van der Waals surface area contributed by atoms with E-state index in [-0.39, 0.29) is 17.9 Å². The fourth-order valence-corrected chi connectivity index (χ4v) is 4.99. The van der Waals surface area contributed by atoms with Crippen LogP contribution >= 0.6 is 27.7 Å². The summed E-state index contributed by atoms with van der Waals surface area (Å²) < 4.78 is 6.45. The third kappa shape index (κ3) is 10.3. The van der Waals surface area contributed by atoms with Crippen LogP contribution in [-0.4, -0.2) is 35.8 Å². The van der Waals surface area contributed by atoms with Crippen LogP contribution in [0.4, 0.5) is 10.5 Å². The number of nitrogens with zero attached hydrogens (tertiary/aromatic N) is 1. The van der Waals surface area contributed by atoms with E-state index in [1.807, 2.05) is 32.0 Å². The number of nitrogens with one attached hydrogen (secondary N) is 1. The minimum Gasteiger partial charge on any atom is -0.449 e. The van der Waals surface area contributed by atoms with Crippen LogP contribution in [0.15, 0.2) is 45.8 Å². The molecule has 2 aromatic carbocycles. The number of ether oxygens (including phenoxy) is 1. The zero-order valence-electron chi connectivity index (χ0n) is 21.8. The first-order chi connectivity index (χ1) is 16.6. The van der Waals surface area contributed by atoms with Crippen molar-refractivity contribution in [3.05, 3.63) is 57.6 Å². The lowest BCUT2D eigenvalue weighted by atomic mass is 10.00. The first-order valence-corrected chi connectivity index (χ1v) is 14.0. The van der Waals surface area contributed by atoms with Crippen LogP contribution in [0, 0.1) is 5.92 Å². The highest BCUT2D eigenvalue weighted by Gasteiger charge is 2.16. The lowest BCUT2D eigenvalue weighted by Crippen LogP contribution is -2.28. The molecule has 2 amide bonds. The molecule has 0 aromatic heterocycles. The second kappa shape index (κ2) is 14.5. The maximum absolute atomic E-state index is 12.7. The topological polar surface area (TPSA) is 58.6 Å². The molecular formula is C28H39BrN2O3S. The number of halogens is 1. The molecule has 0 aliphatic carbocycles. The largest absolute Gasteiger partial charge is 0.449 e. The van der Waals surface area contributed by atoms with Crippen molar-refractivity contribution in [2.45, 2.75) is 77.0 Å². The monoisotopic (exact) mass is 562 g/mol. The standard InChI is InChI=1S/C28H39BrN2O3S/c1-7-21-15-24(29)12-11-22(21)9-8-10-27(32)30-25-13-14-26(35-20(4)5)23(16-25)17-31(6)28(33)34-18-19(2)3/h11-16,19-20H,7-10,17-18H2,1-6H3,(H,30,32). The first-order valence-electron chi connectivity index (χ1n) is 12.3. The van der Waals surface area contributed by atoms with Crippen molar-refractivity contribution in [3.63, 3.8) is 0 Å². The Kier molecular flexibility index (Phi) is 12.1. The number of anilines is 1. The maximum Gasteiger partial charge on any atom is 0.409 e. The van der Waals surface area contributed by atoms with Crippen molar-refractivity contribution in [2.24, 2.45) is 5.92 Å². The smallest absolute Gasteiger partial charge is 0.409 e. The number of carbonyl (C=O) groups excluding carboxylic acids is 2. The Balaban J connectivity index is 2.02. The van der Waals surface area contributed by atoms with E-state index in [0.29, 0.717) is 24.8 Å². The Morgan fingerprint density at radius 3 is 2.46 bits per heavy atom. The van der Waals surface area contributed by atoms with Gasteiger partial charge in [0, 0.05) is 40.3 Å². The van der Waals surface area contributed by atoms with Crippen LogP contribution in [0.2, 0.25) is 0 Å². The van der Waals surface area contributed by atoms with Gasteiger partial charge in [-0.25, -0.2) is 4.79 Å². The highest BCUT2D eigenvalue weighted by molar-refractivity contribution is 9.10. The predicted octanol–water partition coefficient (Wildman–Crippen LogP) is 7.70. The Bertz CT molecular complexity index is 994. The van der Waals surface area contributed by atoms with Crippen LogP contribution in [0.5, 0.6) is 0 Å². The SMILES string of the molecule is CCc1cc(Br)ccc1CCCC(=O)Nc1ccc(SC(C)C)c(CN(C)C(=O)OCC(C)C)c1. The van der Waals surface area contributed by atoms with E-state index in [9.17, 15) is 9.59 Å². The van der Waals surface area contributed by atoms with E-state index < -0.39 is 0 Å². The quantitative estimate of drug-likeness (QED) is 0.269. The Morgan fingerprint density at radius 2 is 1.80 bits per heavy atom. The number of thioether (sulfide) groups is 1. The molecule has 0 fully saturated rings. The van der Waals surface area contributed by atoms with Gasteiger partial charge in [0.25, 0.3) is 0 Å². The lowest BCUT2D eigenvalue weighted by molar-refractivity contribution is -0.116. The molecule has 192 valence electrons. The second-order valence-corrected chi connectivity index (χ2v) is 12.0. The van der Waals surface area contributed by atoms with E-state index in [0.717, 1.165) is 39.9 Å². The molecule has 7 heteroatoms. The van der Waals surface area contributed by atoms with Gasteiger partial charge in [-0.2, -0.15) is 0 Å². The summed E-state index contributed by atoms with van der Waals surface area (Å²) in [7, 11) is 1.74. The molecule has 0 saturated heterocycles. The van der Waals surface area contributed by atoms with E-state index in [1.54, 1.807) is 23.7 Å². The van der Waals surface area contributed by atoms with Crippen LogP contribution in [-0.2, 0) is 28.9 Å². The lowest BCUT2D eigenvalue weighted by Gasteiger charge is -2.21. The third-order valence-electron chi connectivity index (χ3n) is 5.37. The van der Waals surface area contributed by atoms with Crippen LogP contribution in [0.1, 0.15) is 64.2 Å². The maximum atomic E-state index is 12.7. The van der Waals surface area contributed by atoms with Gasteiger partial charge in [-0.05, 0) is 72.2 Å². The van der Waals surface area contributed by atoms with Gasteiger partial charge in [-0.1, -0.05) is 56.6 Å². The Hall–Kier alpha value is -1.99. The summed E-state index contributed by atoms with van der Waals surface area (Å²) in [5.41, 5.74) is 4.36. The molecule has 0 heterocycles. The van der Waals surface area contributed by atoms with Gasteiger partial charge >= 0.3 is 6.09 Å². The first kappa shape index (κ1) is 29.2. The molecule has 35 heavy (non-hydrogen) atoms. The normalized spacial score (nSPS) is 11.1. The fraction of sp³-hybridized carbons (Fsp3) is 0.500. The van der Waals surface area contributed by atoms with E-state index in [2.05, 4.69) is 60.2 Å². The number of rotatable bonds is 12. The van der Waals surface area contributed by atoms with Crippen molar-refractivity contribution in [3.8, 4) is 0 Å². The molecule has 2 rings (SSSR count). The van der Waals surface area contributed by atoms with E-state index in [4.69, 9.17) is 4.74 Å². The average molecular weight is 564 g/mol. The van der Waals surface area contributed by atoms with Crippen molar-refractivity contribution >= 4 is 45.4 Å². The van der Waals surface area contributed by atoms with E-state index >= 15 is 0 Å². The molecule has 0 radical (unpaired) electrons. The molecule has 2 aromatic rings.